The zero-order chi connectivity index (χ0) is 14.1. The van der Waals surface area contributed by atoms with Crippen LogP contribution < -0.4 is 0 Å². The van der Waals surface area contributed by atoms with Gasteiger partial charge in [0.05, 0.1) is 0 Å². The monoisotopic (exact) mass is 326 g/mol. The van der Waals surface area contributed by atoms with Crippen molar-refractivity contribution in [3.63, 3.8) is 0 Å². The molecule has 1 heterocycles. The molecule has 0 amide bonds. The first kappa shape index (κ1) is 15.8. The summed E-state index contributed by atoms with van der Waals surface area (Å²) in [6.07, 6.45) is 0. The van der Waals surface area contributed by atoms with Crippen LogP contribution in [-0.4, -0.2) is 4.75 Å². The van der Waals surface area contributed by atoms with E-state index in [4.69, 9.17) is 0 Å². The van der Waals surface area contributed by atoms with Crippen molar-refractivity contribution in [1.29, 1.82) is 0 Å². The lowest BCUT2D eigenvalue weighted by molar-refractivity contribution is 0.825. The van der Waals surface area contributed by atoms with Gasteiger partial charge >= 0.3 is 0 Å². The first-order valence-corrected chi connectivity index (χ1v) is 8.12. The van der Waals surface area contributed by atoms with Crippen LogP contribution in [0.3, 0.4) is 0 Å². The largest absolute Gasteiger partial charge is 0.115 e. The van der Waals surface area contributed by atoms with Gasteiger partial charge in [0.1, 0.15) is 0 Å². The van der Waals surface area contributed by atoms with Gasteiger partial charge in [-0.1, -0.05) is 35.4 Å². The smallest absolute Gasteiger partial charge is 0.0362 e. The highest BCUT2D eigenvalue weighted by Gasteiger charge is 2.30. The average molecular weight is 327 g/mol. The molecule has 0 radical (unpaired) electrons. The molecular formula is C16H23BrS. The van der Waals surface area contributed by atoms with Crippen molar-refractivity contribution in [2.24, 2.45) is 0 Å². The molecule has 100 valence electrons. The van der Waals surface area contributed by atoms with E-state index in [2.05, 4.69) is 62.7 Å². The summed E-state index contributed by atoms with van der Waals surface area (Å²) in [5, 5.41) is 0. The summed E-state index contributed by atoms with van der Waals surface area (Å²) in [4.78, 5) is 1.41. The molecule has 1 aliphatic rings. The van der Waals surface area contributed by atoms with Crippen molar-refractivity contribution < 1.29 is 0 Å². The third-order valence-corrected chi connectivity index (χ3v) is 5.80. The number of hydrogen-bond donors (Lipinski definition) is 0. The minimum absolute atomic E-state index is 0.220. The van der Waals surface area contributed by atoms with Crippen LogP contribution in [0.2, 0.25) is 0 Å². The molecule has 0 spiro atoms. The zero-order valence-electron chi connectivity index (χ0n) is 12.4. The van der Waals surface area contributed by atoms with E-state index in [1.807, 2.05) is 25.6 Å². The second kappa shape index (κ2) is 5.83. The highest BCUT2D eigenvalue weighted by Crippen LogP contribution is 2.49. The molecule has 2 heteroatoms. The van der Waals surface area contributed by atoms with Gasteiger partial charge in [-0.25, -0.2) is 0 Å². The molecule has 0 saturated heterocycles. The van der Waals surface area contributed by atoms with Crippen LogP contribution in [-0.2, 0) is 0 Å². The van der Waals surface area contributed by atoms with Crippen LogP contribution in [0, 0.1) is 6.92 Å². The molecule has 0 unspecified atom stereocenters. The normalized spacial score (nSPS) is 16.9. The van der Waals surface area contributed by atoms with Crippen molar-refractivity contribution in [2.75, 3.05) is 0 Å². The highest BCUT2D eigenvalue weighted by atomic mass is 79.9. The van der Waals surface area contributed by atoms with Crippen LogP contribution in [0.15, 0.2) is 27.1 Å². The Morgan fingerprint density at radius 3 is 2.17 bits per heavy atom. The number of benzene rings is 1. The quantitative estimate of drug-likeness (QED) is 0.527. The number of halogens is 1. The summed E-state index contributed by atoms with van der Waals surface area (Å²) in [5.41, 5.74) is 5.72. The van der Waals surface area contributed by atoms with Gasteiger partial charge < -0.3 is 0 Å². The molecule has 0 bridgehead atoms. The summed E-state index contributed by atoms with van der Waals surface area (Å²) >= 11 is 5.59. The number of allylic oxidation sites excluding steroid dienone is 1. The minimum Gasteiger partial charge on any atom is -0.115 e. The Morgan fingerprint density at radius 2 is 1.61 bits per heavy atom. The van der Waals surface area contributed by atoms with Gasteiger partial charge in [-0.2, -0.15) is 0 Å². The molecule has 0 nitrogen and oxygen atoms in total. The van der Waals surface area contributed by atoms with Crippen LogP contribution in [0.5, 0.6) is 0 Å². The second-order valence-corrected chi connectivity index (χ2v) is 7.43. The lowest BCUT2D eigenvalue weighted by atomic mass is 9.91. The van der Waals surface area contributed by atoms with E-state index in [0.29, 0.717) is 0 Å². The van der Waals surface area contributed by atoms with Crippen molar-refractivity contribution >= 4 is 33.3 Å². The zero-order valence-corrected chi connectivity index (χ0v) is 14.8. The predicted molar refractivity (Wildman–Crippen MR) is 88.4 cm³/mol. The molecular weight excluding hydrogens is 304 g/mol. The maximum Gasteiger partial charge on any atom is 0.0362 e. The standard InChI is InChI=1S/C14H17BrS.C2H6/c1-8-10(3)14(4,5)16-12-7-6-11(15)9(2)13(8)12;1-2/h6-7H,1-5H3;1-2H3. The van der Waals surface area contributed by atoms with E-state index >= 15 is 0 Å². The molecule has 18 heavy (non-hydrogen) atoms. The fourth-order valence-corrected chi connectivity index (χ4v) is 3.93. The Kier molecular flexibility index (Phi) is 5.13. The fraction of sp³-hybridized carbons (Fsp3) is 0.500. The number of fused-ring (bicyclic) bond motifs is 1. The molecule has 0 fully saturated rings. The molecule has 2 rings (SSSR count). The van der Waals surface area contributed by atoms with Crippen LogP contribution in [0.1, 0.15) is 52.7 Å². The van der Waals surface area contributed by atoms with Crippen LogP contribution >= 0.6 is 27.7 Å². The molecule has 1 aromatic rings. The third kappa shape index (κ3) is 2.70. The molecule has 0 N–H and O–H groups in total. The van der Waals surface area contributed by atoms with Crippen molar-refractivity contribution in [2.45, 2.75) is 58.1 Å². The van der Waals surface area contributed by atoms with E-state index in [1.165, 1.54) is 31.6 Å². The van der Waals surface area contributed by atoms with E-state index in [9.17, 15) is 0 Å². The number of rotatable bonds is 0. The molecule has 0 aliphatic carbocycles. The SMILES string of the molecule is CC.CC1=C(C)C(C)(C)Sc2ccc(Br)c(C)c21. The van der Waals surface area contributed by atoms with Gasteiger partial charge in [-0.15, -0.1) is 11.8 Å². The lowest BCUT2D eigenvalue weighted by Gasteiger charge is -2.34. The molecule has 1 aromatic carbocycles. The second-order valence-electron chi connectivity index (χ2n) is 4.91. The number of thioether (sulfide) groups is 1. The van der Waals surface area contributed by atoms with Gasteiger partial charge in [0, 0.05) is 14.1 Å². The highest BCUT2D eigenvalue weighted by molar-refractivity contribution is 9.10. The fourth-order valence-electron chi connectivity index (χ4n) is 2.20. The summed E-state index contributed by atoms with van der Waals surface area (Å²) < 4.78 is 1.43. The number of hydrogen-bond acceptors (Lipinski definition) is 1. The van der Waals surface area contributed by atoms with E-state index in [1.54, 1.807) is 0 Å². The Morgan fingerprint density at radius 1 is 1.06 bits per heavy atom. The van der Waals surface area contributed by atoms with Crippen molar-refractivity contribution in [1.82, 2.24) is 0 Å². The van der Waals surface area contributed by atoms with E-state index < -0.39 is 0 Å². The van der Waals surface area contributed by atoms with E-state index in [-0.39, 0.29) is 4.75 Å². The summed E-state index contributed by atoms with van der Waals surface area (Å²) in [5.74, 6) is 0. The molecule has 0 saturated carbocycles. The average Bonchev–Trinajstić information content (AvgIpc) is 2.33. The van der Waals surface area contributed by atoms with Crippen molar-refractivity contribution in [3.05, 3.63) is 33.3 Å². The maximum atomic E-state index is 3.62. The Labute approximate surface area is 124 Å². The first-order valence-electron chi connectivity index (χ1n) is 6.51. The van der Waals surface area contributed by atoms with Crippen molar-refractivity contribution in [3.8, 4) is 0 Å². The van der Waals surface area contributed by atoms with Gasteiger partial charge in [-0.3, -0.25) is 0 Å². The van der Waals surface area contributed by atoms with Gasteiger partial charge in [-0.05, 0) is 63.5 Å². The summed E-state index contributed by atoms with van der Waals surface area (Å²) in [6, 6.07) is 4.39. The van der Waals surface area contributed by atoms with Gasteiger partial charge in [0.15, 0.2) is 0 Å². The lowest BCUT2D eigenvalue weighted by Crippen LogP contribution is -2.21. The minimum atomic E-state index is 0.220. The third-order valence-electron chi connectivity index (χ3n) is 3.57. The molecule has 0 aromatic heterocycles. The summed E-state index contributed by atoms with van der Waals surface area (Å²) in [7, 11) is 0. The van der Waals surface area contributed by atoms with Crippen LogP contribution in [0.4, 0.5) is 0 Å². The summed E-state index contributed by atoms with van der Waals surface area (Å²) in [6.45, 7) is 15.3. The molecule has 0 atom stereocenters. The topological polar surface area (TPSA) is 0 Å². The Hall–Kier alpha value is -0.210. The molecule has 1 aliphatic heterocycles. The Balaban J connectivity index is 0.000000771. The van der Waals surface area contributed by atoms with Gasteiger partial charge in [0.25, 0.3) is 0 Å². The van der Waals surface area contributed by atoms with E-state index in [0.717, 1.165) is 0 Å². The van der Waals surface area contributed by atoms with Crippen LogP contribution in [0.25, 0.3) is 5.57 Å². The predicted octanol–water partition coefficient (Wildman–Crippen LogP) is 6.46. The van der Waals surface area contributed by atoms with Gasteiger partial charge in [0.2, 0.25) is 0 Å². The first-order chi connectivity index (χ1) is 8.34. The Bertz CT molecular complexity index is 484. The maximum absolute atomic E-state index is 3.62.